The molecule has 3 heterocycles. The minimum absolute atomic E-state index is 0.0390. The van der Waals surface area contributed by atoms with E-state index in [1.165, 1.54) is 29.0 Å². The minimum atomic E-state index is -0.645. The third-order valence-corrected chi connectivity index (χ3v) is 6.36. The molecule has 1 saturated heterocycles. The third kappa shape index (κ3) is 3.69. The molecule has 2 N–H and O–H groups in total. The van der Waals surface area contributed by atoms with E-state index in [4.69, 9.17) is 14.9 Å². The predicted octanol–water partition coefficient (Wildman–Crippen LogP) is 1.41. The van der Waals surface area contributed by atoms with Crippen molar-refractivity contribution in [1.82, 2.24) is 4.90 Å². The number of aldehydes is 1. The van der Waals surface area contributed by atoms with Crippen LogP contribution in [0.4, 0.5) is 0 Å². The van der Waals surface area contributed by atoms with E-state index in [0.717, 1.165) is 11.8 Å². The predicted molar refractivity (Wildman–Crippen MR) is 100 cm³/mol. The van der Waals surface area contributed by atoms with Gasteiger partial charge in [0.25, 0.3) is 0 Å². The van der Waals surface area contributed by atoms with Crippen molar-refractivity contribution in [3.05, 3.63) is 34.9 Å². The zero-order valence-electron chi connectivity index (χ0n) is 14.7. The molecule has 0 aliphatic carbocycles. The molecule has 1 fully saturated rings. The van der Waals surface area contributed by atoms with Gasteiger partial charge < -0.3 is 14.9 Å². The van der Waals surface area contributed by atoms with Gasteiger partial charge in [0.1, 0.15) is 17.1 Å². The first-order valence-electron chi connectivity index (χ1n) is 8.18. The zero-order chi connectivity index (χ0) is 19.7. The van der Waals surface area contributed by atoms with Crippen LogP contribution in [0, 0.1) is 0 Å². The molecule has 1 amide bonds. The summed E-state index contributed by atoms with van der Waals surface area (Å²) in [6, 6.07) is 0.777. The smallest absolute Gasteiger partial charge is 0.355 e. The van der Waals surface area contributed by atoms with E-state index in [9.17, 15) is 19.2 Å². The standard InChI is InChI=1S/C17H18N2O6S2/c1-8(2)25-16(22)13-9(6-26-15-12(18)14(21)19(13)15)7-27-17(23)10-3-4-24-11(10)5-20/h3-5,8,12,15H,6-7,18H2,1-2H3/t12?,15-/m0/s1. The lowest BCUT2D eigenvalue weighted by molar-refractivity contribution is -0.152. The molecule has 0 bridgehead atoms. The van der Waals surface area contributed by atoms with E-state index in [1.807, 2.05) is 0 Å². The number of thioether (sulfide) groups is 2. The summed E-state index contributed by atoms with van der Waals surface area (Å²) in [6.45, 7) is 3.43. The molecule has 1 aromatic rings. The summed E-state index contributed by atoms with van der Waals surface area (Å²) in [6.07, 6.45) is 1.39. The van der Waals surface area contributed by atoms with Crippen LogP contribution in [-0.4, -0.2) is 57.2 Å². The summed E-state index contributed by atoms with van der Waals surface area (Å²) in [5, 5.41) is -0.652. The molecule has 3 rings (SSSR count). The van der Waals surface area contributed by atoms with Gasteiger partial charge in [-0.15, -0.1) is 11.8 Å². The zero-order valence-corrected chi connectivity index (χ0v) is 16.3. The molecular formula is C17H18N2O6S2. The van der Waals surface area contributed by atoms with Gasteiger partial charge in [0.05, 0.1) is 17.9 Å². The van der Waals surface area contributed by atoms with Gasteiger partial charge >= 0.3 is 5.97 Å². The molecule has 2 atom stereocenters. The number of rotatable bonds is 6. The fraction of sp³-hybridized carbons (Fsp3) is 0.412. The van der Waals surface area contributed by atoms with Gasteiger partial charge in [-0.25, -0.2) is 4.79 Å². The number of esters is 1. The van der Waals surface area contributed by atoms with Crippen LogP contribution in [0.1, 0.15) is 34.8 Å². The van der Waals surface area contributed by atoms with E-state index in [-0.39, 0.29) is 45.3 Å². The van der Waals surface area contributed by atoms with Crippen molar-refractivity contribution < 1.29 is 28.3 Å². The van der Waals surface area contributed by atoms with Gasteiger partial charge in [-0.05, 0) is 25.5 Å². The van der Waals surface area contributed by atoms with Crippen LogP contribution in [0.3, 0.4) is 0 Å². The van der Waals surface area contributed by atoms with Gasteiger partial charge in [-0.3, -0.25) is 19.3 Å². The first-order chi connectivity index (χ1) is 12.8. The largest absolute Gasteiger partial charge is 0.461 e. The summed E-state index contributed by atoms with van der Waals surface area (Å²) in [4.78, 5) is 49.4. The Hall–Kier alpha value is -2.04. The molecule has 2 aliphatic heterocycles. The molecule has 144 valence electrons. The highest BCUT2D eigenvalue weighted by molar-refractivity contribution is 8.14. The summed E-state index contributed by atoms with van der Waals surface area (Å²) < 4.78 is 10.2. The lowest BCUT2D eigenvalue weighted by Crippen LogP contribution is -2.68. The van der Waals surface area contributed by atoms with E-state index in [2.05, 4.69) is 0 Å². The highest BCUT2D eigenvalue weighted by Gasteiger charge is 2.52. The topological polar surface area (TPSA) is 120 Å². The Morgan fingerprint density at radius 2 is 2.26 bits per heavy atom. The van der Waals surface area contributed by atoms with E-state index in [0.29, 0.717) is 17.6 Å². The van der Waals surface area contributed by atoms with Gasteiger partial charge in [0.2, 0.25) is 11.0 Å². The van der Waals surface area contributed by atoms with Gasteiger partial charge in [0, 0.05) is 11.5 Å². The van der Waals surface area contributed by atoms with Crippen molar-refractivity contribution in [2.24, 2.45) is 5.73 Å². The Morgan fingerprint density at radius 1 is 1.52 bits per heavy atom. The fourth-order valence-electron chi connectivity index (χ4n) is 2.76. The number of amides is 1. The molecule has 0 aromatic carbocycles. The monoisotopic (exact) mass is 410 g/mol. The SMILES string of the molecule is CC(C)OC(=O)C1=C(CSC(=O)c2ccoc2C=O)CS[C@H]2C(N)C(=O)N12. The molecule has 1 unspecified atom stereocenters. The Bertz CT molecular complexity index is 831. The van der Waals surface area contributed by atoms with Crippen LogP contribution in [0.15, 0.2) is 28.0 Å². The average molecular weight is 410 g/mol. The Labute approximate surface area is 163 Å². The normalized spacial score (nSPS) is 21.8. The van der Waals surface area contributed by atoms with Gasteiger partial charge in [-0.2, -0.15) is 0 Å². The number of nitrogens with zero attached hydrogens (tertiary/aromatic N) is 1. The second kappa shape index (κ2) is 7.91. The highest BCUT2D eigenvalue weighted by atomic mass is 32.2. The highest BCUT2D eigenvalue weighted by Crippen LogP contribution is 2.40. The Kier molecular flexibility index (Phi) is 5.78. The Morgan fingerprint density at radius 3 is 2.93 bits per heavy atom. The van der Waals surface area contributed by atoms with Crippen molar-refractivity contribution in [2.75, 3.05) is 11.5 Å². The molecule has 8 nitrogen and oxygen atoms in total. The number of fused-ring (bicyclic) bond motifs is 1. The van der Waals surface area contributed by atoms with Crippen molar-refractivity contribution in [2.45, 2.75) is 31.4 Å². The number of hydrogen-bond acceptors (Lipinski definition) is 9. The maximum atomic E-state index is 12.6. The van der Waals surface area contributed by atoms with E-state index >= 15 is 0 Å². The number of ether oxygens (including phenoxy) is 1. The molecule has 0 radical (unpaired) electrons. The van der Waals surface area contributed by atoms with Crippen molar-refractivity contribution >= 4 is 46.8 Å². The molecule has 1 aromatic heterocycles. The molecule has 0 saturated carbocycles. The fourth-order valence-corrected chi connectivity index (χ4v) is 5.05. The lowest BCUT2D eigenvalue weighted by atomic mass is 10.0. The lowest BCUT2D eigenvalue weighted by Gasteiger charge is -2.48. The molecule has 27 heavy (non-hydrogen) atoms. The number of carbonyl (C=O) groups is 4. The number of furan rings is 1. The molecule has 0 spiro atoms. The summed E-state index contributed by atoms with van der Waals surface area (Å²) in [5.74, 6) is -0.339. The van der Waals surface area contributed by atoms with E-state index < -0.39 is 12.0 Å². The van der Waals surface area contributed by atoms with Crippen molar-refractivity contribution in [3.63, 3.8) is 0 Å². The van der Waals surface area contributed by atoms with Crippen LogP contribution in [0.25, 0.3) is 0 Å². The van der Waals surface area contributed by atoms with Crippen LogP contribution >= 0.6 is 23.5 Å². The second-order valence-corrected chi connectivity index (χ2v) is 8.29. The minimum Gasteiger partial charge on any atom is -0.461 e. The maximum Gasteiger partial charge on any atom is 0.355 e. The quantitative estimate of drug-likeness (QED) is 0.421. The third-order valence-electron chi connectivity index (χ3n) is 4.02. The maximum absolute atomic E-state index is 12.6. The second-order valence-electron chi connectivity index (χ2n) is 6.23. The average Bonchev–Trinajstić information content (AvgIpc) is 3.12. The van der Waals surface area contributed by atoms with E-state index in [1.54, 1.807) is 13.8 Å². The molecule has 2 aliphatic rings. The van der Waals surface area contributed by atoms with Gasteiger partial charge in [0.15, 0.2) is 12.0 Å². The number of β-lactam (4-membered cyclic amide) rings is 1. The Balaban J connectivity index is 1.82. The number of hydrogen-bond donors (Lipinski definition) is 1. The van der Waals surface area contributed by atoms with Crippen LogP contribution in [0.2, 0.25) is 0 Å². The van der Waals surface area contributed by atoms with Crippen LogP contribution in [-0.2, 0) is 14.3 Å². The summed E-state index contributed by atoms with van der Waals surface area (Å²) in [7, 11) is 0. The van der Waals surface area contributed by atoms with Gasteiger partial charge in [-0.1, -0.05) is 11.8 Å². The van der Waals surface area contributed by atoms with Crippen molar-refractivity contribution in [3.8, 4) is 0 Å². The molecular weight excluding hydrogens is 392 g/mol. The first kappa shape index (κ1) is 19.7. The van der Waals surface area contributed by atoms with Crippen LogP contribution < -0.4 is 5.73 Å². The van der Waals surface area contributed by atoms with Crippen LogP contribution in [0.5, 0.6) is 0 Å². The van der Waals surface area contributed by atoms with Crippen molar-refractivity contribution in [1.29, 1.82) is 0 Å². The molecule has 10 heteroatoms. The summed E-state index contributed by atoms with van der Waals surface area (Å²) >= 11 is 2.38. The summed E-state index contributed by atoms with van der Waals surface area (Å²) in [5.41, 5.74) is 6.78. The first-order valence-corrected chi connectivity index (χ1v) is 10.2. The number of nitrogens with two attached hydrogens (primary N) is 1. The number of carbonyl (C=O) groups excluding carboxylic acids is 4.